The van der Waals surface area contributed by atoms with Crippen LogP contribution in [0.2, 0.25) is 0 Å². The first kappa shape index (κ1) is 21.4. The van der Waals surface area contributed by atoms with Crippen molar-refractivity contribution in [3.8, 4) is 6.07 Å². The SMILES string of the molecule is N#Cc1cc(NC(=O)c2ccc(F)c(C(F)(F)C(=O)N3[C@H]4CC5[C@@H]3C[C@]5(O)C4)c2)ccc1F. The lowest BCUT2D eigenvalue weighted by Gasteiger charge is -2.54. The monoisotopic (exact) mass is 459 g/mol. The maximum atomic E-state index is 15.2. The van der Waals surface area contributed by atoms with Crippen molar-refractivity contribution in [2.24, 2.45) is 5.92 Å². The highest BCUT2D eigenvalue weighted by atomic mass is 19.3. The summed E-state index contributed by atoms with van der Waals surface area (Å²) in [6, 6.07) is 6.08. The molecule has 1 saturated heterocycles. The summed E-state index contributed by atoms with van der Waals surface area (Å²) in [6.45, 7) is 0. The minimum absolute atomic E-state index is 0.0391. The van der Waals surface area contributed by atoms with Crippen LogP contribution in [0.3, 0.4) is 0 Å². The molecule has 2 aromatic carbocycles. The molecule has 0 aromatic heterocycles. The van der Waals surface area contributed by atoms with Gasteiger partial charge in [0, 0.05) is 29.3 Å². The number of carbonyl (C=O) groups is 2. The van der Waals surface area contributed by atoms with Crippen LogP contribution in [0.5, 0.6) is 0 Å². The second kappa shape index (κ2) is 7.02. The van der Waals surface area contributed by atoms with Gasteiger partial charge in [0.15, 0.2) is 0 Å². The highest BCUT2D eigenvalue weighted by Crippen LogP contribution is 2.61. The van der Waals surface area contributed by atoms with Crippen molar-refractivity contribution < 1.29 is 32.3 Å². The lowest BCUT2D eigenvalue weighted by atomic mass is 9.66. The Hall–Kier alpha value is -3.45. The van der Waals surface area contributed by atoms with Gasteiger partial charge in [0.25, 0.3) is 11.8 Å². The van der Waals surface area contributed by atoms with Gasteiger partial charge in [0.2, 0.25) is 0 Å². The van der Waals surface area contributed by atoms with Gasteiger partial charge in [-0.1, -0.05) is 0 Å². The Morgan fingerprint density at radius 1 is 1.15 bits per heavy atom. The van der Waals surface area contributed by atoms with E-state index in [4.69, 9.17) is 5.26 Å². The highest BCUT2D eigenvalue weighted by Gasteiger charge is 2.70. The van der Waals surface area contributed by atoms with E-state index >= 15 is 8.78 Å². The van der Waals surface area contributed by atoms with Crippen molar-refractivity contribution in [2.45, 2.75) is 42.9 Å². The van der Waals surface area contributed by atoms with Gasteiger partial charge in [0.05, 0.1) is 16.7 Å². The largest absolute Gasteiger partial charge is 0.389 e. The van der Waals surface area contributed by atoms with E-state index in [2.05, 4.69) is 5.32 Å². The van der Waals surface area contributed by atoms with Crippen LogP contribution in [0.4, 0.5) is 23.2 Å². The Morgan fingerprint density at radius 2 is 1.88 bits per heavy atom. The van der Waals surface area contributed by atoms with Crippen molar-refractivity contribution in [1.82, 2.24) is 4.90 Å². The molecule has 2 N–H and O–H groups in total. The topological polar surface area (TPSA) is 93.4 Å². The molecule has 4 atom stereocenters. The van der Waals surface area contributed by atoms with Crippen molar-refractivity contribution in [1.29, 1.82) is 5.26 Å². The Bertz CT molecular complexity index is 1240. The van der Waals surface area contributed by atoms with Gasteiger partial charge in [-0.3, -0.25) is 9.59 Å². The first-order valence-electron chi connectivity index (χ1n) is 10.3. The summed E-state index contributed by atoms with van der Waals surface area (Å²) in [5.41, 5.74) is -2.75. The second-order valence-electron chi connectivity index (χ2n) is 8.82. The van der Waals surface area contributed by atoms with Crippen LogP contribution in [0.15, 0.2) is 36.4 Å². The number of alkyl halides is 2. The predicted molar refractivity (Wildman–Crippen MR) is 106 cm³/mol. The summed E-state index contributed by atoms with van der Waals surface area (Å²) in [4.78, 5) is 26.4. The summed E-state index contributed by atoms with van der Waals surface area (Å²) < 4.78 is 58.2. The van der Waals surface area contributed by atoms with Crippen molar-refractivity contribution >= 4 is 17.5 Å². The van der Waals surface area contributed by atoms with Gasteiger partial charge < -0.3 is 15.3 Å². The van der Waals surface area contributed by atoms with Gasteiger partial charge in [-0.15, -0.1) is 0 Å². The molecule has 2 bridgehead atoms. The van der Waals surface area contributed by atoms with Crippen LogP contribution in [0, 0.1) is 28.9 Å². The third kappa shape index (κ3) is 3.10. The van der Waals surface area contributed by atoms with Crippen LogP contribution in [0.1, 0.15) is 40.7 Å². The highest BCUT2D eigenvalue weighted by molar-refractivity contribution is 6.04. The van der Waals surface area contributed by atoms with E-state index < -0.39 is 52.6 Å². The van der Waals surface area contributed by atoms with Gasteiger partial charge in [-0.25, -0.2) is 8.78 Å². The molecule has 2 saturated carbocycles. The number of aliphatic hydroxyl groups is 1. The minimum atomic E-state index is -4.22. The second-order valence-corrected chi connectivity index (χ2v) is 8.82. The molecule has 1 unspecified atom stereocenters. The van der Waals surface area contributed by atoms with Gasteiger partial charge in [0.1, 0.15) is 17.7 Å². The first-order chi connectivity index (χ1) is 15.5. The number of benzene rings is 2. The molecule has 1 heterocycles. The maximum Gasteiger partial charge on any atom is 0.352 e. The van der Waals surface area contributed by atoms with E-state index in [1.54, 1.807) is 6.07 Å². The van der Waals surface area contributed by atoms with E-state index in [0.717, 1.165) is 23.1 Å². The molecule has 2 aromatic rings. The Balaban J connectivity index is 1.40. The molecular formula is C23H17F4N3O3. The van der Waals surface area contributed by atoms with Crippen molar-refractivity contribution in [3.63, 3.8) is 0 Å². The quantitative estimate of drug-likeness (QED) is 0.687. The molecule has 0 radical (unpaired) electrons. The Kier molecular flexibility index (Phi) is 4.55. The lowest BCUT2D eigenvalue weighted by Crippen LogP contribution is -2.66. The summed E-state index contributed by atoms with van der Waals surface area (Å²) in [5.74, 6) is -9.04. The molecule has 10 heteroatoms. The molecule has 170 valence electrons. The number of rotatable bonds is 4. The van der Waals surface area contributed by atoms with Crippen LogP contribution < -0.4 is 5.32 Å². The zero-order valence-electron chi connectivity index (χ0n) is 17.0. The number of anilines is 1. The van der Waals surface area contributed by atoms with Crippen LogP contribution >= 0.6 is 0 Å². The number of amides is 2. The third-order valence-corrected chi connectivity index (χ3v) is 7.00. The molecule has 0 spiro atoms. The van der Waals surface area contributed by atoms with E-state index in [-0.39, 0.29) is 35.6 Å². The summed E-state index contributed by atoms with van der Waals surface area (Å²) in [6.07, 6.45) is 0.892. The van der Waals surface area contributed by atoms with Crippen LogP contribution in [-0.2, 0) is 10.7 Å². The number of fused-ring (bicyclic) bond motifs is 1. The maximum absolute atomic E-state index is 15.2. The Morgan fingerprint density at radius 3 is 2.52 bits per heavy atom. The number of carbonyl (C=O) groups excluding carboxylic acids is 2. The molecule has 1 aliphatic heterocycles. The van der Waals surface area contributed by atoms with E-state index in [9.17, 15) is 23.5 Å². The molecule has 2 aliphatic carbocycles. The molecule has 6 nitrogen and oxygen atoms in total. The fourth-order valence-corrected chi connectivity index (χ4v) is 5.42. The normalized spacial score (nSPS) is 27.2. The van der Waals surface area contributed by atoms with E-state index in [1.807, 2.05) is 0 Å². The number of nitrogens with one attached hydrogen (secondary N) is 1. The molecular weight excluding hydrogens is 442 g/mol. The van der Waals surface area contributed by atoms with Gasteiger partial charge in [-0.05, 0) is 55.7 Å². The molecule has 33 heavy (non-hydrogen) atoms. The third-order valence-electron chi connectivity index (χ3n) is 7.00. The number of halogens is 4. The van der Waals surface area contributed by atoms with Gasteiger partial charge in [-0.2, -0.15) is 14.0 Å². The van der Waals surface area contributed by atoms with Crippen molar-refractivity contribution in [2.75, 3.05) is 5.32 Å². The minimum Gasteiger partial charge on any atom is -0.389 e. The summed E-state index contributed by atoms with van der Waals surface area (Å²) >= 11 is 0. The summed E-state index contributed by atoms with van der Waals surface area (Å²) in [5, 5.41) is 21.5. The molecule has 3 fully saturated rings. The smallest absolute Gasteiger partial charge is 0.352 e. The number of nitriles is 1. The molecule has 5 rings (SSSR count). The van der Waals surface area contributed by atoms with E-state index in [0.29, 0.717) is 18.6 Å². The average molecular weight is 459 g/mol. The number of nitrogens with zero attached hydrogens (tertiary/aromatic N) is 2. The van der Waals surface area contributed by atoms with Crippen molar-refractivity contribution in [3.05, 3.63) is 64.7 Å². The number of hydrogen-bond acceptors (Lipinski definition) is 4. The lowest BCUT2D eigenvalue weighted by molar-refractivity contribution is -0.189. The Labute approximate surface area is 185 Å². The standard InChI is InChI=1S/C23H17F4N3O3/c24-17-4-2-13(5-12(17)10-28)29-20(31)11-1-3-18(25)15(6-11)23(26,27)21(32)30-14-7-16-19(30)9-22(16,33)8-14/h1-6,14,16,19,33H,7-9H2,(H,29,31)/t14-,16?,19-,22+/m0/s1. The molecule has 2 amide bonds. The summed E-state index contributed by atoms with van der Waals surface area (Å²) in [7, 11) is 0. The fraction of sp³-hybridized carbons (Fsp3) is 0.348. The molecule has 3 aliphatic rings. The average Bonchev–Trinajstić information content (AvgIpc) is 3.21. The number of piperidine rings is 2. The zero-order valence-corrected chi connectivity index (χ0v) is 17.0. The number of likely N-dealkylation sites (tertiary alicyclic amines) is 1. The fourth-order valence-electron chi connectivity index (χ4n) is 5.42. The van der Waals surface area contributed by atoms with Gasteiger partial charge >= 0.3 is 5.92 Å². The predicted octanol–water partition coefficient (Wildman–Crippen LogP) is 3.30. The zero-order chi connectivity index (χ0) is 23.7. The van der Waals surface area contributed by atoms with Crippen LogP contribution in [-0.4, -0.2) is 39.5 Å². The first-order valence-corrected chi connectivity index (χ1v) is 10.3. The van der Waals surface area contributed by atoms with Crippen LogP contribution in [0.25, 0.3) is 0 Å². The van der Waals surface area contributed by atoms with E-state index in [1.165, 1.54) is 6.07 Å². The number of hydrogen-bond donors (Lipinski definition) is 2.